The number of hydrogen-bond donors (Lipinski definition) is 2. The molecule has 1 saturated heterocycles. The summed E-state index contributed by atoms with van der Waals surface area (Å²) in [6, 6.07) is 15.2. The number of anilines is 3. The van der Waals surface area contributed by atoms with Crippen LogP contribution in [0.2, 0.25) is 0 Å². The summed E-state index contributed by atoms with van der Waals surface area (Å²) in [5, 5.41) is 9.42. The number of carbonyl (C=O) groups is 1. The number of pyridine rings is 1. The fraction of sp³-hybridized carbons (Fsp3) is 0.310. The zero-order chi connectivity index (χ0) is 29.9. The lowest BCUT2D eigenvalue weighted by molar-refractivity contribution is -0.137. The summed E-state index contributed by atoms with van der Waals surface area (Å²) in [5.41, 5.74) is 0.156. The van der Waals surface area contributed by atoms with Gasteiger partial charge in [0.2, 0.25) is 5.88 Å². The van der Waals surface area contributed by atoms with Crippen molar-refractivity contribution in [2.24, 2.45) is 0 Å². The van der Waals surface area contributed by atoms with Crippen molar-refractivity contribution in [1.29, 1.82) is 0 Å². The smallest absolute Gasteiger partial charge is 0.419 e. The lowest BCUT2D eigenvalue weighted by atomic mass is 10.1. The highest BCUT2D eigenvalue weighted by Gasteiger charge is 2.35. The quantitative estimate of drug-likeness (QED) is 0.267. The Bertz CT molecular complexity index is 1510. The number of para-hydroxylation sites is 1. The molecule has 4 aromatic rings. The average Bonchev–Trinajstić information content (AvgIpc) is 3.47. The SMILES string of the molecule is CC(C)(C)OC(=O)N1CCN(c2ccc(Oc3cc(Nc4ccccc4-c4ncn[nH]4)c(C(F)(F)F)cn3)cc2)CC1. The number of piperazine rings is 1. The minimum Gasteiger partial charge on any atom is -0.444 e. The van der Waals surface area contributed by atoms with Gasteiger partial charge in [-0.2, -0.15) is 18.3 Å². The fourth-order valence-corrected chi connectivity index (χ4v) is 4.42. The van der Waals surface area contributed by atoms with Crippen LogP contribution in [0, 0.1) is 0 Å². The molecule has 1 aliphatic heterocycles. The van der Waals surface area contributed by atoms with Crippen LogP contribution >= 0.6 is 0 Å². The monoisotopic (exact) mass is 581 g/mol. The third-order valence-electron chi connectivity index (χ3n) is 6.41. The number of aromatic nitrogens is 4. The van der Waals surface area contributed by atoms with Crippen LogP contribution in [0.25, 0.3) is 11.4 Å². The first kappa shape index (κ1) is 28.7. The Morgan fingerprint density at radius 2 is 1.67 bits per heavy atom. The van der Waals surface area contributed by atoms with Gasteiger partial charge in [0.1, 0.15) is 17.7 Å². The molecule has 2 aromatic heterocycles. The number of nitrogens with one attached hydrogen (secondary N) is 2. The Morgan fingerprint density at radius 3 is 2.31 bits per heavy atom. The van der Waals surface area contributed by atoms with Gasteiger partial charge >= 0.3 is 12.3 Å². The molecule has 0 radical (unpaired) electrons. The highest BCUT2D eigenvalue weighted by atomic mass is 19.4. The number of rotatable bonds is 6. The van der Waals surface area contributed by atoms with Crippen molar-refractivity contribution in [1.82, 2.24) is 25.1 Å². The highest BCUT2D eigenvalue weighted by Crippen LogP contribution is 2.39. The van der Waals surface area contributed by atoms with Crippen LogP contribution in [0.1, 0.15) is 26.3 Å². The number of ether oxygens (including phenoxy) is 2. The predicted octanol–water partition coefficient (Wildman–Crippen LogP) is 6.48. The molecule has 0 saturated carbocycles. The van der Waals surface area contributed by atoms with Crippen LogP contribution in [0.5, 0.6) is 11.6 Å². The van der Waals surface area contributed by atoms with Crippen molar-refractivity contribution in [2.45, 2.75) is 32.5 Å². The van der Waals surface area contributed by atoms with Gasteiger partial charge in [0, 0.05) is 55.4 Å². The van der Waals surface area contributed by atoms with Gasteiger partial charge in [-0.05, 0) is 57.2 Å². The number of alkyl halides is 3. The summed E-state index contributed by atoms with van der Waals surface area (Å²) in [5.74, 6) is 0.802. The van der Waals surface area contributed by atoms with Crippen molar-refractivity contribution in [3.8, 4) is 23.0 Å². The van der Waals surface area contributed by atoms with Gasteiger partial charge in [-0.3, -0.25) is 5.10 Å². The van der Waals surface area contributed by atoms with Crippen molar-refractivity contribution in [3.05, 3.63) is 72.7 Å². The van der Waals surface area contributed by atoms with E-state index in [4.69, 9.17) is 9.47 Å². The van der Waals surface area contributed by atoms with Crippen LogP contribution in [0.3, 0.4) is 0 Å². The van der Waals surface area contributed by atoms with E-state index in [2.05, 4.69) is 30.4 Å². The number of aromatic amines is 1. The minimum atomic E-state index is -4.65. The van der Waals surface area contributed by atoms with Gasteiger partial charge in [0.15, 0.2) is 5.82 Å². The summed E-state index contributed by atoms with van der Waals surface area (Å²) in [6.45, 7) is 7.82. The van der Waals surface area contributed by atoms with Crippen molar-refractivity contribution >= 4 is 23.2 Å². The van der Waals surface area contributed by atoms with Crippen molar-refractivity contribution < 1.29 is 27.4 Å². The van der Waals surface area contributed by atoms with E-state index in [0.29, 0.717) is 49.0 Å². The first-order valence-corrected chi connectivity index (χ1v) is 13.3. The second-order valence-corrected chi connectivity index (χ2v) is 10.6. The predicted molar refractivity (Wildman–Crippen MR) is 151 cm³/mol. The second kappa shape index (κ2) is 11.6. The van der Waals surface area contributed by atoms with Crippen LogP contribution in [0.4, 0.5) is 35.0 Å². The van der Waals surface area contributed by atoms with E-state index >= 15 is 0 Å². The summed E-state index contributed by atoms with van der Waals surface area (Å²) in [7, 11) is 0. The van der Waals surface area contributed by atoms with Crippen LogP contribution in [-0.2, 0) is 10.9 Å². The Balaban J connectivity index is 1.29. The summed E-state index contributed by atoms with van der Waals surface area (Å²) >= 11 is 0. The van der Waals surface area contributed by atoms with E-state index in [1.54, 1.807) is 41.3 Å². The van der Waals surface area contributed by atoms with Gasteiger partial charge < -0.3 is 24.6 Å². The topological polar surface area (TPSA) is 109 Å². The van der Waals surface area contributed by atoms with E-state index in [9.17, 15) is 18.0 Å². The number of H-pyrrole nitrogens is 1. The Labute approximate surface area is 240 Å². The maximum Gasteiger partial charge on any atom is 0.419 e. The Kier molecular flexibility index (Phi) is 7.92. The van der Waals surface area contributed by atoms with Crippen LogP contribution < -0.4 is 15.0 Å². The van der Waals surface area contributed by atoms with Crippen molar-refractivity contribution in [2.75, 3.05) is 36.4 Å². The van der Waals surface area contributed by atoms with E-state index < -0.39 is 17.3 Å². The fourth-order valence-electron chi connectivity index (χ4n) is 4.42. The van der Waals surface area contributed by atoms with Gasteiger partial charge in [0.25, 0.3) is 0 Å². The van der Waals surface area contributed by atoms with E-state index in [0.717, 1.165) is 11.9 Å². The number of hydrogen-bond acceptors (Lipinski definition) is 8. The summed E-state index contributed by atoms with van der Waals surface area (Å²) < 4.78 is 52.9. The first-order valence-electron chi connectivity index (χ1n) is 13.3. The zero-order valence-corrected chi connectivity index (χ0v) is 23.3. The van der Waals surface area contributed by atoms with E-state index in [1.165, 1.54) is 12.4 Å². The van der Waals surface area contributed by atoms with Gasteiger partial charge in [-0.15, -0.1) is 0 Å². The van der Waals surface area contributed by atoms with Crippen LogP contribution in [-0.4, -0.2) is 62.9 Å². The molecule has 0 unspecified atom stereocenters. The number of halogens is 3. The molecule has 0 spiro atoms. The van der Waals surface area contributed by atoms with E-state index in [1.807, 2.05) is 32.9 Å². The normalized spacial score (nSPS) is 14.0. The number of carbonyl (C=O) groups excluding carboxylic acids is 1. The highest BCUT2D eigenvalue weighted by molar-refractivity contribution is 5.78. The third-order valence-corrected chi connectivity index (χ3v) is 6.41. The third kappa shape index (κ3) is 6.90. The van der Waals surface area contributed by atoms with Crippen LogP contribution in [0.15, 0.2) is 67.1 Å². The maximum atomic E-state index is 13.9. The molecular weight excluding hydrogens is 551 g/mol. The molecule has 1 amide bonds. The second-order valence-electron chi connectivity index (χ2n) is 10.6. The molecule has 2 aromatic carbocycles. The lowest BCUT2D eigenvalue weighted by Crippen LogP contribution is -2.50. The standard InChI is InChI=1S/C29H30F3N7O3/c1-28(2,3)42-27(40)39-14-12-38(13-15-39)19-8-10-20(11-9-19)41-25-16-24(22(17-33-25)29(30,31)32)36-23-7-5-4-6-21(23)26-34-18-35-37-26/h4-11,16-18H,12-15H2,1-3H3,(H,33,36)(H,34,35,37). The molecule has 0 aliphatic carbocycles. The minimum absolute atomic E-state index is 0.0126. The average molecular weight is 582 g/mol. The lowest BCUT2D eigenvalue weighted by Gasteiger charge is -2.36. The van der Waals surface area contributed by atoms with Crippen molar-refractivity contribution in [3.63, 3.8) is 0 Å². The molecule has 13 heteroatoms. The Morgan fingerprint density at radius 1 is 0.952 bits per heavy atom. The molecule has 0 atom stereocenters. The first-order chi connectivity index (χ1) is 20.0. The molecular formula is C29H30F3N7O3. The van der Waals surface area contributed by atoms with Gasteiger partial charge in [-0.1, -0.05) is 12.1 Å². The zero-order valence-electron chi connectivity index (χ0n) is 23.3. The summed E-state index contributed by atoms with van der Waals surface area (Å²) in [4.78, 5) is 24.2. The largest absolute Gasteiger partial charge is 0.444 e. The number of benzene rings is 2. The number of amides is 1. The van der Waals surface area contributed by atoms with Gasteiger partial charge in [-0.25, -0.2) is 14.8 Å². The molecule has 1 fully saturated rings. The van der Waals surface area contributed by atoms with Gasteiger partial charge in [0.05, 0.1) is 11.3 Å². The number of nitrogens with zero attached hydrogens (tertiary/aromatic N) is 5. The molecule has 220 valence electrons. The molecule has 3 heterocycles. The molecule has 0 bridgehead atoms. The molecule has 42 heavy (non-hydrogen) atoms. The Hall–Kier alpha value is -4.81. The molecule has 10 nitrogen and oxygen atoms in total. The molecule has 2 N–H and O–H groups in total. The molecule has 1 aliphatic rings. The summed E-state index contributed by atoms with van der Waals surface area (Å²) in [6.07, 6.45) is -2.91. The maximum absolute atomic E-state index is 13.9. The van der Waals surface area contributed by atoms with E-state index in [-0.39, 0.29) is 17.7 Å². The molecule has 5 rings (SSSR count).